The first-order valence-corrected chi connectivity index (χ1v) is 10.4. The standard InChI is InChI=1S/C19H21N3O5S/c23-17-11-4-3-10-16(17)19(25)21-20-18(24)13-6-5-9-15(12-13)28(26,27)22-14-7-1-2-8-14/h3-6,9-12,14,22-23H,1-2,7-8H2,(H,20,24)(H,21,25). The number of carbonyl (C=O) groups excluding carboxylic acids is 2. The first-order chi connectivity index (χ1) is 13.4. The molecule has 2 aromatic rings. The summed E-state index contributed by atoms with van der Waals surface area (Å²) in [4.78, 5) is 24.3. The zero-order valence-electron chi connectivity index (χ0n) is 15.0. The van der Waals surface area contributed by atoms with Crippen LogP contribution in [-0.4, -0.2) is 31.4 Å². The summed E-state index contributed by atoms with van der Waals surface area (Å²) in [5.74, 6) is -1.60. The van der Waals surface area contributed by atoms with Gasteiger partial charge in [0.15, 0.2) is 0 Å². The number of hydrogen-bond acceptors (Lipinski definition) is 5. The van der Waals surface area contributed by atoms with Gasteiger partial charge in [-0.15, -0.1) is 0 Å². The van der Waals surface area contributed by atoms with Crippen LogP contribution in [0.3, 0.4) is 0 Å². The van der Waals surface area contributed by atoms with Crippen LogP contribution in [0.25, 0.3) is 0 Å². The topological polar surface area (TPSA) is 125 Å². The van der Waals surface area contributed by atoms with Crippen molar-refractivity contribution in [2.24, 2.45) is 0 Å². The number of phenolic OH excluding ortho intramolecular Hbond substituents is 1. The predicted octanol–water partition coefficient (Wildman–Crippen LogP) is 1.69. The maximum absolute atomic E-state index is 12.5. The Labute approximate surface area is 163 Å². The third-order valence-corrected chi connectivity index (χ3v) is 6.04. The lowest BCUT2D eigenvalue weighted by molar-refractivity contribution is 0.0845. The average molecular weight is 403 g/mol. The number of aromatic hydroxyl groups is 1. The quantitative estimate of drug-likeness (QED) is 0.566. The van der Waals surface area contributed by atoms with Gasteiger partial charge >= 0.3 is 0 Å². The number of benzene rings is 2. The monoisotopic (exact) mass is 403 g/mol. The molecule has 1 aliphatic rings. The predicted molar refractivity (Wildman–Crippen MR) is 102 cm³/mol. The number of para-hydroxylation sites is 1. The zero-order chi connectivity index (χ0) is 20.1. The molecule has 1 saturated carbocycles. The van der Waals surface area contributed by atoms with E-state index in [9.17, 15) is 23.1 Å². The first kappa shape index (κ1) is 19.8. The Balaban J connectivity index is 1.67. The Morgan fingerprint density at radius 3 is 2.32 bits per heavy atom. The van der Waals surface area contributed by atoms with Crippen LogP contribution in [0.4, 0.5) is 0 Å². The maximum Gasteiger partial charge on any atom is 0.273 e. The molecule has 28 heavy (non-hydrogen) atoms. The summed E-state index contributed by atoms with van der Waals surface area (Å²) in [6.07, 6.45) is 3.59. The number of sulfonamides is 1. The summed E-state index contributed by atoms with van der Waals surface area (Å²) in [5.41, 5.74) is 4.48. The molecule has 2 amide bonds. The summed E-state index contributed by atoms with van der Waals surface area (Å²) in [6, 6.07) is 11.4. The van der Waals surface area contributed by atoms with E-state index >= 15 is 0 Å². The summed E-state index contributed by atoms with van der Waals surface area (Å²) in [7, 11) is -3.73. The second-order valence-corrected chi connectivity index (χ2v) is 8.27. The number of carbonyl (C=O) groups is 2. The molecule has 0 saturated heterocycles. The van der Waals surface area contributed by atoms with E-state index in [1.165, 1.54) is 36.4 Å². The number of hydrogen-bond donors (Lipinski definition) is 4. The Bertz CT molecular complexity index is 985. The van der Waals surface area contributed by atoms with Gasteiger partial charge in [0.1, 0.15) is 5.75 Å². The lowest BCUT2D eigenvalue weighted by Crippen LogP contribution is -2.41. The van der Waals surface area contributed by atoms with E-state index in [1.807, 2.05) is 0 Å². The molecule has 0 radical (unpaired) electrons. The fourth-order valence-corrected chi connectivity index (χ4v) is 4.40. The van der Waals surface area contributed by atoms with Crippen molar-refractivity contribution in [3.05, 3.63) is 59.7 Å². The highest BCUT2D eigenvalue weighted by molar-refractivity contribution is 7.89. The highest BCUT2D eigenvalue weighted by Crippen LogP contribution is 2.21. The van der Waals surface area contributed by atoms with Gasteiger partial charge in [0, 0.05) is 11.6 Å². The molecular weight excluding hydrogens is 382 g/mol. The van der Waals surface area contributed by atoms with E-state index in [2.05, 4.69) is 15.6 Å². The van der Waals surface area contributed by atoms with Crippen LogP contribution in [0.15, 0.2) is 53.4 Å². The SMILES string of the molecule is O=C(NNC(=O)c1ccccc1O)c1cccc(S(=O)(=O)NC2CCCC2)c1. The third-order valence-electron chi connectivity index (χ3n) is 4.52. The van der Waals surface area contributed by atoms with Gasteiger partial charge in [0.25, 0.3) is 11.8 Å². The van der Waals surface area contributed by atoms with Crippen molar-refractivity contribution in [2.75, 3.05) is 0 Å². The van der Waals surface area contributed by atoms with Crippen molar-refractivity contribution >= 4 is 21.8 Å². The van der Waals surface area contributed by atoms with Crippen LogP contribution in [0.1, 0.15) is 46.4 Å². The second kappa shape index (κ2) is 8.41. The fourth-order valence-electron chi connectivity index (χ4n) is 3.05. The van der Waals surface area contributed by atoms with Crippen LogP contribution >= 0.6 is 0 Å². The van der Waals surface area contributed by atoms with E-state index in [0.717, 1.165) is 25.7 Å². The highest BCUT2D eigenvalue weighted by atomic mass is 32.2. The second-order valence-electron chi connectivity index (χ2n) is 6.56. The average Bonchev–Trinajstić information content (AvgIpc) is 3.18. The van der Waals surface area contributed by atoms with Crippen molar-refractivity contribution in [3.63, 3.8) is 0 Å². The molecular formula is C19H21N3O5S. The first-order valence-electron chi connectivity index (χ1n) is 8.88. The minimum absolute atomic E-state index is 0.0000999. The van der Waals surface area contributed by atoms with Crippen molar-refractivity contribution in [3.8, 4) is 5.75 Å². The summed E-state index contributed by atoms with van der Waals surface area (Å²) in [6.45, 7) is 0. The van der Waals surface area contributed by atoms with Crippen LogP contribution < -0.4 is 15.6 Å². The third kappa shape index (κ3) is 4.68. The molecule has 8 nitrogen and oxygen atoms in total. The zero-order valence-corrected chi connectivity index (χ0v) is 15.8. The molecule has 9 heteroatoms. The molecule has 0 atom stereocenters. The number of phenols is 1. The molecule has 0 aliphatic heterocycles. The van der Waals surface area contributed by atoms with Gasteiger partial charge in [-0.1, -0.05) is 31.0 Å². The largest absolute Gasteiger partial charge is 0.507 e. The van der Waals surface area contributed by atoms with E-state index in [-0.39, 0.29) is 27.8 Å². The maximum atomic E-state index is 12.5. The summed E-state index contributed by atoms with van der Waals surface area (Å²) in [5, 5.41) is 9.66. The van der Waals surface area contributed by atoms with Crippen LogP contribution in [0.5, 0.6) is 5.75 Å². The number of nitrogens with one attached hydrogen (secondary N) is 3. The molecule has 0 aromatic heterocycles. The fraction of sp³-hybridized carbons (Fsp3) is 0.263. The van der Waals surface area contributed by atoms with E-state index < -0.39 is 21.8 Å². The van der Waals surface area contributed by atoms with Crippen molar-refractivity contribution in [1.82, 2.24) is 15.6 Å². The Kier molecular flexibility index (Phi) is 5.96. The van der Waals surface area contributed by atoms with Gasteiger partial charge in [0.05, 0.1) is 10.5 Å². The molecule has 3 rings (SSSR count). The van der Waals surface area contributed by atoms with E-state index in [0.29, 0.717) is 0 Å². The molecule has 4 N–H and O–H groups in total. The number of amides is 2. The minimum Gasteiger partial charge on any atom is -0.507 e. The molecule has 2 aromatic carbocycles. The van der Waals surface area contributed by atoms with Crippen molar-refractivity contribution < 1.29 is 23.1 Å². The smallest absolute Gasteiger partial charge is 0.273 e. The van der Waals surface area contributed by atoms with Gasteiger partial charge in [0.2, 0.25) is 10.0 Å². The summed E-state index contributed by atoms with van der Waals surface area (Å²) < 4.78 is 27.7. The van der Waals surface area contributed by atoms with Gasteiger partial charge in [-0.2, -0.15) is 0 Å². The molecule has 0 unspecified atom stereocenters. The summed E-state index contributed by atoms with van der Waals surface area (Å²) >= 11 is 0. The van der Waals surface area contributed by atoms with Crippen LogP contribution in [0.2, 0.25) is 0 Å². The molecule has 0 spiro atoms. The normalized spacial score (nSPS) is 14.6. The number of rotatable bonds is 5. The molecule has 148 valence electrons. The van der Waals surface area contributed by atoms with Crippen LogP contribution in [0, 0.1) is 0 Å². The van der Waals surface area contributed by atoms with E-state index in [1.54, 1.807) is 12.1 Å². The Hall–Kier alpha value is -2.91. The number of hydrazine groups is 1. The van der Waals surface area contributed by atoms with Crippen molar-refractivity contribution in [2.45, 2.75) is 36.6 Å². The van der Waals surface area contributed by atoms with Gasteiger partial charge in [-0.3, -0.25) is 20.4 Å². The lowest BCUT2D eigenvalue weighted by atomic mass is 10.2. The highest BCUT2D eigenvalue weighted by Gasteiger charge is 2.23. The van der Waals surface area contributed by atoms with E-state index in [4.69, 9.17) is 0 Å². The lowest BCUT2D eigenvalue weighted by Gasteiger charge is -2.13. The molecule has 1 aliphatic carbocycles. The molecule has 0 heterocycles. The van der Waals surface area contributed by atoms with Gasteiger partial charge in [-0.05, 0) is 43.2 Å². The van der Waals surface area contributed by atoms with Gasteiger partial charge in [-0.25, -0.2) is 13.1 Å². The van der Waals surface area contributed by atoms with Crippen LogP contribution in [-0.2, 0) is 10.0 Å². The Morgan fingerprint density at radius 2 is 1.61 bits per heavy atom. The van der Waals surface area contributed by atoms with Gasteiger partial charge < -0.3 is 5.11 Å². The van der Waals surface area contributed by atoms with Crippen molar-refractivity contribution in [1.29, 1.82) is 0 Å². The Morgan fingerprint density at radius 1 is 0.929 bits per heavy atom. The molecule has 0 bridgehead atoms. The molecule has 1 fully saturated rings. The minimum atomic E-state index is -3.73.